The average Bonchev–Trinajstić information content (AvgIpc) is 2.80. The van der Waals surface area contributed by atoms with E-state index in [2.05, 4.69) is 4.98 Å². The minimum Gasteiger partial charge on any atom is -0.487 e. The molecule has 0 aliphatic heterocycles. The summed E-state index contributed by atoms with van der Waals surface area (Å²) < 4.78 is 10.5. The first kappa shape index (κ1) is 13.4. The number of nitro benzene ring substituents is 1. The molecule has 0 fully saturated rings. The van der Waals surface area contributed by atoms with Crippen molar-refractivity contribution < 1.29 is 14.1 Å². The second kappa shape index (κ2) is 5.27. The number of nitrogens with two attached hydrogens (primary N) is 1. The third kappa shape index (κ3) is 2.24. The zero-order valence-corrected chi connectivity index (χ0v) is 10.5. The Labute approximate surface area is 113 Å². The molecule has 1 aromatic heterocycles. The van der Waals surface area contributed by atoms with Crippen LogP contribution in [0.25, 0.3) is 11.5 Å². The summed E-state index contributed by atoms with van der Waals surface area (Å²) in [6.45, 7) is 1.93. The summed E-state index contributed by atoms with van der Waals surface area (Å²) in [6.07, 6.45) is 0. The Balaban J connectivity index is 2.63. The summed E-state index contributed by atoms with van der Waals surface area (Å²) in [7, 11) is 0. The number of para-hydroxylation sites is 1. The number of hydrogen-bond donors (Lipinski definition) is 1. The van der Waals surface area contributed by atoms with E-state index in [1.165, 1.54) is 12.1 Å². The zero-order chi connectivity index (χ0) is 14.7. The third-order valence-electron chi connectivity index (χ3n) is 2.47. The molecule has 0 aliphatic carbocycles. The normalized spacial score (nSPS) is 10.0. The summed E-state index contributed by atoms with van der Waals surface area (Å²) >= 11 is 0. The van der Waals surface area contributed by atoms with Crippen LogP contribution in [0.4, 0.5) is 11.6 Å². The quantitative estimate of drug-likeness (QED) is 0.667. The molecule has 0 atom stereocenters. The molecule has 0 unspecified atom stereocenters. The number of anilines is 1. The topological polar surface area (TPSA) is 128 Å². The van der Waals surface area contributed by atoms with Gasteiger partial charge < -0.3 is 14.9 Å². The van der Waals surface area contributed by atoms with E-state index in [4.69, 9.17) is 20.1 Å². The SMILES string of the molecule is CCOc1c(-c2nc(C#N)c(N)o2)cccc1[N+](=O)[O-]. The van der Waals surface area contributed by atoms with Crippen LogP contribution in [0.1, 0.15) is 12.6 Å². The van der Waals surface area contributed by atoms with Gasteiger partial charge in [-0.05, 0) is 13.0 Å². The second-order valence-electron chi connectivity index (χ2n) is 3.69. The predicted molar refractivity (Wildman–Crippen MR) is 68.9 cm³/mol. The molecule has 2 rings (SSSR count). The van der Waals surface area contributed by atoms with E-state index < -0.39 is 4.92 Å². The number of ether oxygens (including phenoxy) is 1. The van der Waals surface area contributed by atoms with Crippen molar-refractivity contribution >= 4 is 11.6 Å². The van der Waals surface area contributed by atoms with E-state index in [1.54, 1.807) is 19.1 Å². The molecule has 102 valence electrons. The number of benzene rings is 1. The fourth-order valence-corrected chi connectivity index (χ4v) is 1.66. The van der Waals surface area contributed by atoms with Crippen LogP contribution in [0.3, 0.4) is 0 Å². The molecule has 1 aromatic carbocycles. The molecule has 2 N–H and O–H groups in total. The molecule has 20 heavy (non-hydrogen) atoms. The highest BCUT2D eigenvalue weighted by Crippen LogP contribution is 2.38. The maximum Gasteiger partial charge on any atom is 0.311 e. The van der Waals surface area contributed by atoms with Gasteiger partial charge in [0.2, 0.25) is 23.2 Å². The first-order chi connectivity index (χ1) is 9.58. The smallest absolute Gasteiger partial charge is 0.311 e. The van der Waals surface area contributed by atoms with Gasteiger partial charge in [-0.2, -0.15) is 10.2 Å². The van der Waals surface area contributed by atoms with Crippen LogP contribution in [0.5, 0.6) is 5.75 Å². The monoisotopic (exact) mass is 274 g/mol. The van der Waals surface area contributed by atoms with Crippen LogP contribution < -0.4 is 10.5 Å². The largest absolute Gasteiger partial charge is 0.487 e. The van der Waals surface area contributed by atoms with Gasteiger partial charge >= 0.3 is 5.69 Å². The van der Waals surface area contributed by atoms with Gasteiger partial charge in [0.1, 0.15) is 6.07 Å². The van der Waals surface area contributed by atoms with E-state index in [9.17, 15) is 10.1 Å². The summed E-state index contributed by atoms with van der Waals surface area (Å²) in [5.74, 6) is -0.103. The van der Waals surface area contributed by atoms with Crippen molar-refractivity contribution in [3.05, 3.63) is 34.0 Å². The Bertz CT molecular complexity index is 702. The number of hydrogen-bond acceptors (Lipinski definition) is 7. The first-order valence-electron chi connectivity index (χ1n) is 5.65. The van der Waals surface area contributed by atoms with Crippen LogP contribution in [0, 0.1) is 21.4 Å². The molecule has 1 heterocycles. The van der Waals surface area contributed by atoms with Crippen LogP contribution in [0.15, 0.2) is 22.6 Å². The Hall–Kier alpha value is -3.08. The highest BCUT2D eigenvalue weighted by atomic mass is 16.6. The van der Waals surface area contributed by atoms with Gasteiger partial charge in [-0.25, -0.2) is 0 Å². The van der Waals surface area contributed by atoms with Gasteiger partial charge in [0.05, 0.1) is 17.1 Å². The van der Waals surface area contributed by atoms with Gasteiger partial charge in [-0.3, -0.25) is 10.1 Å². The summed E-state index contributed by atoms with van der Waals surface area (Å²) in [5, 5.41) is 19.8. The minimum absolute atomic E-state index is 0.00574. The minimum atomic E-state index is -0.563. The maximum absolute atomic E-state index is 11.0. The van der Waals surface area contributed by atoms with Crippen molar-refractivity contribution in [2.45, 2.75) is 6.92 Å². The first-order valence-corrected chi connectivity index (χ1v) is 5.65. The lowest BCUT2D eigenvalue weighted by molar-refractivity contribution is -0.385. The lowest BCUT2D eigenvalue weighted by Gasteiger charge is -2.07. The predicted octanol–water partition coefficient (Wildman–Crippen LogP) is 2.10. The Morgan fingerprint density at radius 1 is 1.60 bits per heavy atom. The molecule has 0 saturated carbocycles. The van der Waals surface area contributed by atoms with E-state index in [-0.39, 0.29) is 41.1 Å². The molecule has 0 amide bonds. The van der Waals surface area contributed by atoms with Gasteiger partial charge in [0, 0.05) is 6.07 Å². The fraction of sp³-hybridized carbons (Fsp3) is 0.167. The maximum atomic E-state index is 11.0. The molecule has 8 nitrogen and oxygen atoms in total. The van der Waals surface area contributed by atoms with Crippen LogP contribution in [-0.4, -0.2) is 16.5 Å². The number of nitro groups is 1. The lowest BCUT2D eigenvalue weighted by atomic mass is 10.1. The van der Waals surface area contributed by atoms with Gasteiger partial charge in [0.25, 0.3) is 0 Å². The van der Waals surface area contributed by atoms with E-state index in [0.717, 1.165) is 0 Å². The summed E-state index contributed by atoms with van der Waals surface area (Å²) in [4.78, 5) is 14.3. The van der Waals surface area contributed by atoms with E-state index in [0.29, 0.717) is 0 Å². The molecule has 0 bridgehead atoms. The number of nitriles is 1. The van der Waals surface area contributed by atoms with Crippen LogP contribution in [-0.2, 0) is 0 Å². The third-order valence-corrected chi connectivity index (χ3v) is 2.47. The Morgan fingerprint density at radius 3 is 2.90 bits per heavy atom. The molecule has 0 spiro atoms. The van der Waals surface area contributed by atoms with Crippen molar-refractivity contribution in [2.75, 3.05) is 12.3 Å². The van der Waals surface area contributed by atoms with Crippen LogP contribution >= 0.6 is 0 Å². The summed E-state index contributed by atoms with van der Waals surface area (Å²) in [5.41, 5.74) is 5.47. The molecule has 0 saturated heterocycles. The van der Waals surface area contributed by atoms with Gasteiger partial charge in [0.15, 0.2) is 0 Å². The van der Waals surface area contributed by atoms with Crippen LogP contribution in [0.2, 0.25) is 0 Å². The lowest BCUT2D eigenvalue weighted by Crippen LogP contribution is -1.99. The van der Waals surface area contributed by atoms with Crippen molar-refractivity contribution in [2.24, 2.45) is 0 Å². The Morgan fingerprint density at radius 2 is 2.35 bits per heavy atom. The van der Waals surface area contributed by atoms with Crippen molar-refractivity contribution in [1.82, 2.24) is 4.98 Å². The number of aromatic nitrogens is 1. The fourth-order valence-electron chi connectivity index (χ4n) is 1.66. The molecular weight excluding hydrogens is 264 g/mol. The van der Waals surface area contributed by atoms with E-state index in [1.807, 2.05) is 0 Å². The van der Waals surface area contributed by atoms with Crippen molar-refractivity contribution in [3.63, 3.8) is 0 Å². The van der Waals surface area contributed by atoms with E-state index >= 15 is 0 Å². The van der Waals surface area contributed by atoms with Gasteiger partial charge in [-0.1, -0.05) is 6.07 Å². The van der Waals surface area contributed by atoms with Crippen molar-refractivity contribution in [3.8, 4) is 23.3 Å². The average molecular weight is 274 g/mol. The number of nitrogen functional groups attached to an aromatic ring is 1. The number of oxazole rings is 1. The molecule has 0 aliphatic rings. The van der Waals surface area contributed by atoms with Crippen molar-refractivity contribution in [1.29, 1.82) is 5.26 Å². The highest BCUT2D eigenvalue weighted by Gasteiger charge is 2.23. The highest BCUT2D eigenvalue weighted by molar-refractivity contribution is 5.71. The second-order valence-corrected chi connectivity index (χ2v) is 3.69. The molecular formula is C12H10N4O4. The number of rotatable bonds is 4. The standard InChI is InChI=1S/C12H10N4O4/c1-2-19-10-7(4-3-5-9(10)16(17)18)12-15-8(6-13)11(14)20-12/h3-5H,2,14H2,1H3. The molecule has 2 aromatic rings. The molecule has 8 heteroatoms. The summed E-state index contributed by atoms with van der Waals surface area (Å²) in [6, 6.07) is 6.10. The Kier molecular flexibility index (Phi) is 3.52. The number of nitrogens with zero attached hydrogens (tertiary/aromatic N) is 3. The van der Waals surface area contributed by atoms with Gasteiger partial charge in [-0.15, -0.1) is 0 Å². The zero-order valence-electron chi connectivity index (χ0n) is 10.5. The molecule has 0 radical (unpaired) electrons.